The van der Waals surface area contributed by atoms with Gasteiger partial charge in [-0.15, -0.1) is 0 Å². The van der Waals surface area contributed by atoms with E-state index in [0.717, 1.165) is 31.3 Å². The monoisotopic (exact) mass is 470 g/mol. The Bertz CT molecular complexity index is 1030. The first-order valence-corrected chi connectivity index (χ1v) is 13.1. The van der Waals surface area contributed by atoms with E-state index in [1.54, 1.807) is 13.0 Å². The second kappa shape index (κ2) is 6.83. The first kappa shape index (κ1) is 22.9. The zero-order valence-electron chi connectivity index (χ0n) is 21.0. The van der Waals surface area contributed by atoms with Gasteiger partial charge in [-0.05, 0) is 76.7 Å². The Morgan fingerprint density at radius 3 is 2.59 bits per heavy atom. The number of allylic oxidation sites excluding steroid dienone is 1. The minimum absolute atomic E-state index is 0.0771. The van der Waals surface area contributed by atoms with Crippen molar-refractivity contribution in [3.8, 4) is 0 Å². The normalized spacial score (nSPS) is 54.6. The number of fused-ring (bicyclic) bond motifs is 4. The number of carbonyl (C=O) groups excluding carboxylic acids is 2. The SMILES string of the molecule is CC1=C(C)C(=O)O[C@@H]([C@@H](C)[C@@]2(O)[C@H](O)C[C@H]3[C@@H]4C[C@H]5O[C@]56CC=CC(=O)[C@]6(C)[C@H]4CC[C@@]32C)C1. The molecule has 34 heavy (non-hydrogen) atoms. The summed E-state index contributed by atoms with van der Waals surface area (Å²) in [5.41, 5.74) is -1.15. The van der Waals surface area contributed by atoms with Gasteiger partial charge in [0.1, 0.15) is 17.3 Å². The number of esters is 1. The van der Waals surface area contributed by atoms with Crippen LogP contribution in [0, 0.1) is 34.5 Å². The van der Waals surface area contributed by atoms with Crippen molar-refractivity contribution in [3.05, 3.63) is 23.3 Å². The highest BCUT2D eigenvalue weighted by Gasteiger charge is 2.79. The molecule has 3 saturated carbocycles. The number of hydrogen-bond donors (Lipinski definition) is 2. The van der Waals surface area contributed by atoms with Crippen LogP contribution in [0.1, 0.15) is 73.1 Å². The van der Waals surface area contributed by atoms with Gasteiger partial charge < -0.3 is 19.7 Å². The second-order valence-corrected chi connectivity index (χ2v) is 12.7. The lowest BCUT2D eigenvalue weighted by Crippen LogP contribution is -2.64. The average Bonchev–Trinajstić information content (AvgIpc) is 3.46. The Morgan fingerprint density at radius 1 is 1.15 bits per heavy atom. The molecule has 6 heteroatoms. The van der Waals surface area contributed by atoms with Gasteiger partial charge in [0.15, 0.2) is 5.78 Å². The lowest BCUT2D eigenvalue weighted by molar-refractivity contribution is -0.207. The Morgan fingerprint density at radius 2 is 1.88 bits per heavy atom. The van der Waals surface area contributed by atoms with E-state index in [2.05, 4.69) is 13.8 Å². The van der Waals surface area contributed by atoms with Crippen molar-refractivity contribution < 1.29 is 29.3 Å². The summed E-state index contributed by atoms with van der Waals surface area (Å²) in [5, 5.41) is 23.8. The molecule has 6 aliphatic rings. The van der Waals surface area contributed by atoms with Crippen molar-refractivity contribution in [3.63, 3.8) is 0 Å². The number of epoxide rings is 1. The van der Waals surface area contributed by atoms with E-state index in [0.29, 0.717) is 18.4 Å². The number of cyclic esters (lactones) is 1. The fraction of sp³-hybridized carbons (Fsp3) is 0.786. The third-order valence-corrected chi connectivity index (χ3v) is 11.8. The van der Waals surface area contributed by atoms with Gasteiger partial charge in [0.05, 0.1) is 17.6 Å². The Balaban J connectivity index is 1.34. The largest absolute Gasteiger partial charge is 0.458 e. The van der Waals surface area contributed by atoms with Gasteiger partial charge in [-0.2, -0.15) is 0 Å². The van der Waals surface area contributed by atoms with Gasteiger partial charge in [0.25, 0.3) is 0 Å². The molecule has 0 amide bonds. The summed E-state index contributed by atoms with van der Waals surface area (Å²) in [6.07, 6.45) is 6.78. The number of hydrogen-bond acceptors (Lipinski definition) is 6. The highest BCUT2D eigenvalue weighted by atomic mass is 16.6. The molecular formula is C28H38O6. The van der Waals surface area contributed by atoms with Crippen LogP contribution in [0.2, 0.25) is 0 Å². The van der Waals surface area contributed by atoms with E-state index < -0.39 is 34.6 Å². The molecule has 11 atom stereocenters. The van der Waals surface area contributed by atoms with Gasteiger partial charge >= 0.3 is 5.97 Å². The maximum atomic E-state index is 13.3. The molecule has 4 aliphatic carbocycles. The first-order chi connectivity index (χ1) is 15.9. The predicted octanol–water partition coefficient (Wildman–Crippen LogP) is 3.50. The Labute approximate surface area is 201 Å². The van der Waals surface area contributed by atoms with Crippen LogP contribution in [0.15, 0.2) is 23.3 Å². The summed E-state index contributed by atoms with van der Waals surface area (Å²) in [4.78, 5) is 25.7. The highest BCUT2D eigenvalue weighted by molar-refractivity contribution is 5.97. The van der Waals surface area contributed by atoms with Crippen LogP contribution in [0.3, 0.4) is 0 Å². The van der Waals surface area contributed by atoms with E-state index in [4.69, 9.17) is 9.47 Å². The first-order valence-electron chi connectivity index (χ1n) is 13.1. The molecule has 0 radical (unpaired) electrons. The molecule has 1 saturated heterocycles. The van der Waals surface area contributed by atoms with Crippen molar-refractivity contribution in [1.82, 2.24) is 0 Å². The van der Waals surface area contributed by atoms with Gasteiger partial charge in [0.2, 0.25) is 0 Å². The van der Waals surface area contributed by atoms with E-state index in [9.17, 15) is 19.8 Å². The molecule has 6 nitrogen and oxygen atoms in total. The minimum Gasteiger partial charge on any atom is -0.458 e. The maximum absolute atomic E-state index is 13.3. The standard InChI is InChI=1S/C28H38O6/c1-14-11-20(33-24(31)15(14)2)16(3)28(32)22(30)13-19-17-12-23-27(34-23)9-6-7-21(29)26(27,5)18(17)8-10-25(19,28)4/h6-7,16-20,22-23,30,32H,8-13H2,1-5H3/t16-,17-,18+,19+,20-,22-,23-,25+,26+,27-,28-/m1/s1. The summed E-state index contributed by atoms with van der Waals surface area (Å²) in [7, 11) is 0. The highest BCUT2D eigenvalue weighted by Crippen LogP contribution is 2.73. The van der Waals surface area contributed by atoms with E-state index in [1.807, 2.05) is 19.9 Å². The summed E-state index contributed by atoms with van der Waals surface area (Å²) >= 11 is 0. The zero-order chi connectivity index (χ0) is 24.4. The van der Waals surface area contributed by atoms with Crippen molar-refractivity contribution in [2.45, 2.75) is 103 Å². The summed E-state index contributed by atoms with van der Waals surface area (Å²) in [5.74, 6) is -0.0674. The number of ketones is 1. The summed E-state index contributed by atoms with van der Waals surface area (Å²) in [6, 6.07) is 0. The third-order valence-electron chi connectivity index (χ3n) is 11.8. The number of aliphatic hydroxyl groups excluding tert-OH is 1. The van der Waals surface area contributed by atoms with Crippen LogP contribution in [0.4, 0.5) is 0 Å². The van der Waals surface area contributed by atoms with Crippen molar-refractivity contribution in [2.24, 2.45) is 34.5 Å². The van der Waals surface area contributed by atoms with Crippen LogP contribution in [-0.4, -0.2) is 51.5 Å². The maximum Gasteiger partial charge on any atom is 0.333 e. The summed E-state index contributed by atoms with van der Waals surface area (Å²) < 4.78 is 12.1. The fourth-order valence-electron chi connectivity index (χ4n) is 9.44. The average molecular weight is 471 g/mol. The van der Waals surface area contributed by atoms with Gasteiger partial charge in [0, 0.05) is 23.3 Å². The molecule has 4 fully saturated rings. The second-order valence-electron chi connectivity index (χ2n) is 12.7. The molecule has 186 valence electrons. The predicted molar refractivity (Wildman–Crippen MR) is 125 cm³/mol. The van der Waals surface area contributed by atoms with Crippen molar-refractivity contribution >= 4 is 11.8 Å². The number of carbonyl (C=O) groups is 2. The quantitative estimate of drug-likeness (QED) is 0.474. The topological polar surface area (TPSA) is 96.4 Å². The smallest absolute Gasteiger partial charge is 0.333 e. The number of ether oxygens (including phenoxy) is 2. The van der Waals surface area contributed by atoms with Crippen LogP contribution >= 0.6 is 0 Å². The van der Waals surface area contributed by atoms with E-state index >= 15 is 0 Å². The van der Waals surface area contributed by atoms with Gasteiger partial charge in [-0.3, -0.25) is 4.79 Å². The number of rotatable bonds is 2. The van der Waals surface area contributed by atoms with Crippen LogP contribution < -0.4 is 0 Å². The Kier molecular flexibility index (Phi) is 4.61. The lowest BCUT2D eigenvalue weighted by Gasteiger charge is -2.59. The minimum atomic E-state index is -1.37. The molecule has 0 aromatic heterocycles. The van der Waals surface area contributed by atoms with E-state index in [-0.39, 0.29) is 41.2 Å². The number of aliphatic hydroxyl groups is 2. The van der Waals surface area contributed by atoms with Crippen molar-refractivity contribution in [1.29, 1.82) is 0 Å². The Hall–Kier alpha value is -1.50. The van der Waals surface area contributed by atoms with Crippen molar-refractivity contribution in [2.75, 3.05) is 0 Å². The molecule has 0 unspecified atom stereocenters. The molecule has 6 rings (SSSR count). The van der Waals surface area contributed by atoms with Crippen LogP contribution in [0.25, 0.3) is 0 Å². The molecule has 0 aromatic rings. The molecule has 0 aromatic carbocycles. The molecule has 2 heterocycles. The molecule has 2 N–H and O–H groups in total. The molecule has 0 bridgehead atoms. The molecular weight excluding hydrogens is 432 g/mol. The van der Waals surface area contributed by atoms with Gasteiger partial charge in [-0.25, -0.2) is 4.79 Å². The third kappa shape index (κ3) is 2.43. The van der Waals surface area contributed by atoms with Crippen LogP contribution in [0.5, 0.6) is 0 Å². The summed E-state index contributed by atoms with van der Waals surface area (Å²) in [6.45, 7) is 9.89. The molecule has 1 spiro atoms. The van der Waals surface area contributed by atoms with E-state index in [1.165, 1.54) is 0 Å². The molecule has 2 aliphatic heterocycles. The van der Waals surface area contributed by atoms with Gasteiger partial charge in [-0.1, -0.05) is 25.5 Å². The fourth-order valence-corrected chi connectivity index (χ4v) is 9.44. The lowest BCUT2D eigenvalue weighted by atomic mass is 9.44. The zero-order valence-corrected chi connectivity index (χ0v) is 21.0. The van der Waals surface area contributed by atoms with Crippen LogP contribution in [-0.2, 0) is 19.1 Å².